The van der Waals surface area contributed by atoms with Gasteiger partial charge in [-0.15, -0.1) is 11.6 Å². The van der Waals surface area contributed by atoms with E-state index in [2.05, 4.69) is 31.9 Å². The van der Waals surface area contributed by atoms with Crippen molar-refractivity contribution in [3.63, 3.8) is 0 Å². The molecule has 0 bridgehead atoms. The van der Waals surface area contributed by atoms with E-state index in [4.69, 9.17) is 21.1 Å². The van der Waals surface area contributed by atoms with Crippen molar-refractivity contribution in [2.24, 2.45) is 0 Å². The summed E-state index contributed by atoms with van der Waals surface area (Å²) in [4.78, 5) is 0. The van der Waals surface area contributed by atoms with Crippen LogP contribution in [0.4, 0.5) is 0 Å². The lowest BCUT2D eigenvalue weighted by Crippen LogP contribution is -2.10. The van der Waals surface area contributed by atoms with Crippen molar-refractivity contribution in [2.75, 3.05) is 12.5 Å². The van der Waals surface area contributed by atoms with Crippen LogP contribution in [-0.4, -0.2) is 18.6 Å². The smallest absolute Gasteiger partial charge is 0.184 e. The molecule has 0 saturated carbocycles. The van der Waals surface area contributed by atoms with Gasteiger partial charge in [0.25, 0.3) is 0 Å². The first-order valence-corrected chi connectivity index (χ1v) is 6.60. The van der Waals surface area contributed by atoms with Crippen LogP contribution in [0, 0.1) is 0 Å². The van der Waals surface area contributed by atoms with E-state index in [-0.39, 0.29) is 12.4 Å². The SMILES string of the molecule is ClCC1COC(c2ccc(Br)c(Br)c2)O1. The van der Waals surface area contributed by atoms with Crippen LogP contribution in [0.3, 0.4) is 0 Å². The topological polar surface area (TPSA) is 18.5 Å². The van der Waals surface area contributed by atoms with Gasteiger partial charge in [0.2, 0.25) is 0 Å². The second kappa shape index (κ2) is 5.15. The lowest BCUT2D eigenvalue weighted by molar-refractivity contribution is -0.0567. The summed E-state index contributed by atoms with van der Waals surface area (Å²) in [6.45, 7) is 0.557. The van der Waals surface area contributed by atoms with Crippen molar-refractivity contribution in [3.8, 4) is 0 Å². The summed E-state index contributed by atoms with van der Waals surface area (Å²) in [6.07, 6.45) is -0.294. The summed E-state index contributed by atoms with van der Waals surface area (Å²) in [5.74, 6) is 0.466. The fourth-order valence-corrected chi connectivity index (χ4v) is 2.17. The van der Waals surface area contributed by atoms with Gasteiger partial charge in [0.15, 0.2) is 6.29 Å². The highest BCUT2D eigenvalue weighted by molar-refractivity contribution is 9.13. The summed E-state index contributed by atoms with van der Waals surface area (Å²) in [7, 11) is 0. The molecule has 82 valence electrons. The van der Waals surface area contributed by atoms with Gasteiger partial charge in [0, 0.05) is 14.5 Å². The molecule has 0 aromatic heterocycles. The van der Waals surface area contributed by atoms with E-state index >= 15 is 0 Å². The maximum Gasteiger partial charge on any atom is 0.184 e. The van der Waals surface area contributed by atoms with Crippen LogP contribution < -0.4 is 0 Å². The Kier molecular flexibility index (Phi) is 4.07. The second-order valence-corrected chi connectivity index (χ2v) is 5.27. The lowest BCUT2D eigenvalue weighted by atomic mass is 10.2. The largest absolute Gasteiger partial charge is 0.346 e. The van der Waals surface area contributed by atoms with Crippen LogP contribution in [0.5, 0.6) is 0 Å². The molecule has 2 unspecified atom stereocenters. The Hall–Kier alpha value is 0.390. The third-order valence-corrected chi connectivity index (χ3v) is 4.36. The van der Waals surface area contributed by atoms with E-state index in [1.807, 2.05) is 18.2 Å². The molecular weight excluding hydrogens is 347 g/mol. The standard InChI is InChI=1S/C10H9Br2ClO2/c11-8-2-1-6(3-9(8)12)10-14-5-7(4-13)15-10/h1-3,7,10H,4-5H2. The van der Waals surface area contributed by atoms with Gasteiger partial charge >= 0.3 is 0 Å². The first-order valence-electron chi connectivity index (χ1n) is 4.48. The van der Waals surface area contributed by atoms with E-state index in [1.165, 1.54) is 0 Å². The molecular formula is C10H9Br2ClO2. The van der Waals surface area contributed by atoms with Gasteiger partial charge in [-0.2, -0.15) is 0 Å². The summed E-state index contributed by atoms with van der Waals surface area (Å²) in [6, 6.07) is 5.90. The van der Waals surface area contributed by atoms with Crippen molar-refractivity contribution in [1.82, 2.24) is 0 Å². The fraction of sp³-hybridized carbons (Fsp3) is 0.400. The zero-order chi connectivity index (χ0) is 10.8. The second-order valence-electron chi connectivity index (χ2n) is 3.25. The Balaban J connectivity index is 2.13. The van der Waals surface area contributed by atoms with Crippen LogP contribution >= 0.6 is 43.5 Å². The Morgan fingerprint density at radius 1 is 1.33 bits per heavy atom. The maximum atomic E-state index is 5.70. The molecule has 1 aliphatic rings. The third-order valence-electron chi connectivity index (χ3n) is 2.14. The highest BCUT2D eigenvalue weighted by atomic mass is 79.9. The van der Waals surface area contributed by atoms with Crippen LogP contribution in [0.1, 0.15) is 11.9 Å². The van der Waals surface area contributed by atoms with Crippen LogP contribution in [0.2, 0.25) is 0 Å². The number of halogens is 3. The van der Waals surface area contributed by atoms with Crippen molar-refractivity contribution < 1.29 is 9.47 Å². The lowest BCUT2D eigenvalue weighted by Gasteiger charge is -2.11. The third kappa shape index (κ3) is 2.74. The van der Waals surface area contributed by atoms with Crippen molar-refractivity contribution in [1.29, 1.82) is 0 Å². The number of alkyl halides is 1. The minimum atomic E-state index is -0.293. The van der Waals surface area contributed by atoms with E-state index in [0.717, 1.165) is 14.5 Å². The Morgan fingerprint density at radius 2 is 2.13 bits per heavy atom. The van der Waals surface area contributed by atoms with Gasteiger partial charge in [0.05, 0.1) is 18.6 Å². The van der Waals surface area contributed by atoms with Crippen molar-refractivity contribution in [3.05, 3.63) is 32.7 Å². The summed E-state index contributed by atoms with van der Waals surface area (Å²) >= 11 is 12.6. The van der Waals surface area contributed by atoms with Gasteiger partial charge in [-0.25, -0.2) is 0 Å². The first-order chi connectivity index (χ1) is 7.20. The number of rotatable bonds is 2. The monoisotopic (exact) mass is 354 g/mol. The number of hydrogen-bond acceptors (Lipinski definition) is 2. The van der Waals surface area contributed by atoms with E-state index in [1.54, 1.807) is 0 Å². The average Bonchev–Trinajstić information content (AvgIpc) is 2.70. The molecule has 15 heavy (non-hydrogen) atoms. The van der Waals surface area contributed by atoms with Gasteiger partial charge in [0.1, 0.15) is 0 Å². The molecule has 1 fully saturated rings. The molecule has 0 N–H and O–H groups in total. The van der Waals surface area contributed by atoms with Gasteiger partial charge < -0.3 is 9.47 Å². The van der Waals surface area contributed by atoms with Crippen LogP contribution in [-0.2, 0) is 9.47 Å². The first kappa shape index (κ1) is 11.9. The van der Waals surface area contributed by atoms with Crippen molar-refractivity contribution in [2.45, 2.75) is 12.4 Å². The highest BCUT2D eigenvalue weighted by Gasteiger charge is 2.26. The molecule has 1 aromatic rings. The predicted molar refractivity (Wildman–Crippen MR) is 66.1 cm³/mol. The quantitative estimate of drug-likeness (QED) is 0.749. The predicted octanol–water partition coefficient (Wildman–Crippen LogP) is 3.86. The van der Waals surface area contributed by atoms with Crippen LogP contribution in [0.15, 0.2) is 27.1 Å². The molecule has 2 rings (SSSR count). The highest BCUT2D eigenvalue weighted by Crippen LogP contribution is 2.31. The Labute approximate surface area is 110 Å². The van der Waals surface area contributed by atoms with Crippen LogP contribution in [0.25, 0.3) is 0 Å². The Morgan fingerprint density at radius 3 is 2.73 bits per heavy atom. The molecule has 1 aromatic carbocycles. The fourth-order valence-electron chi connectivity index (χ4n) is 1.36. The number of benzene rings is 1. The average molecular weight is 356 g/mol. The zero-order valence-electron chi connectivity index (χ0n) is 7.75. The summed E-state index contributed by atoms with van der Waals surface area (Å²) < 4.78 is 13.1. The molecule has 0 spiro atoms. The van der Waals surface area contributed by atoms with E-state index in [9.17, 15) is 0 Å². The van der Waals surface area contributed by atoms with Gasteiger partial charge in [-0.3, -0.25) is 0 Å². The molecule has 0 aliphatic carbocycles. The normalized spacial score (nSPS) is 25.8. The van der Waals surface area contributed by atoms with E-state index < -0.39 is 0 Å². The minimum absolute atomic E-state index is 0.000844. The van der Waals surface area contributed by atoms with Crippen molar-refractivity contribution >= 4 is 43.5 Å². The van der Waals surface area contributed by atoms with Gasteiger partial charge in [-0.05, 0) is 44.0 Å². The molecule has 0 amide bonds. The molecule has 2 nitrogen and oxygen atoms in total. The number of ether oxygens (including phenoxy) is 2. The van der Waals surface area contributed by atoms with E-state index in [0.29, 0.717) is 12.5 Å². The molecule has 1 aliphatic heterocycles. The zero-order valence-corrected chi connectivity index (χ0v) is 11.7. The molecule has 5 heteroatoms. The molecule has 1 heterocycles. The maximum absolute atomic E-state index is 5.70. The summed E-state index contributed by atoms with van der Waals surface area (Å²) in [5.41, 5.74) is 0.998. The van der Waals surface area contributed by atoms with Gasteiger partial charge in [-0.1, -0.05) is 6.07 Å². The molecule has 2 atom stereocenters. The number of hydrogen-bond donors (Lipinski definition) is 0. The Bertz CT molecular complexity index is 359. The molecule has 1 saturated heterocycles. The molecule has 0 radical (unpaired) electrons. The minimum Gasteiger partial charge on any atom is -0.346 e. The summed E-state index contributed by atoms with van der Waals surface area (Å²) in [5, 5.41) is 0.